The Hall–Kier alpha value is -1.07. The van der Waals surface area contributed by atoms with E-state index in [-0.39, 0.29) is 0 Å². The lowest BCUT2D eigenvalue weighted by molar-refractivity contribution is 0.0336. The molecular formula is C20H29NO3S. The van der Waals surface area contributed by atoms with E-state index in [0.29, 0.717) is 17.1 Å². The average molecular weight is 364 g/mol. The lowest BCUT2D eigenvalue weighted by Gasteiger charge is -2.50. The summed E-state index contributed by atoms with van der Waals surface area (Å²) in [6.07, 6.45) is 7.54. The van der Waals surface area contributed by atoms with Crippen LogP contribution in [0.1, 0.15) is 68.6 Å². The predicted molar refractivity (Wildman–Crippen MR) is 98.7 cm³/mol. The minimum absolute atomic E-state index is 0.384. The second kappa shape index (κ2) is 5.71. The van der Waals surface area contributed by atoms with Crippen LogP contribution in [0.25, 0.3) is 0 Å². The largest absolute Gasteiger partial charge is 0.380 e. The molecule has 25 heavy (non-hydrogen) atoms. The molecule has 3 aliphatic carbocycles. The van der Waals surface area contributed by atoms with Gasteiger partial charge >= 0.3 is 10.3 Å². The molecule has 2 saturated carbocycles. The van der Waals surface area contributed by atoms with Crippen molar-refractivity contribution in [1.29, 1.82) is 0 Å². The van der Waals surface area contributed by atoms with E-state index >= 15 is 0 Å². The van der Waals surface area contributed by atoms with Gasteiger partial charge in [0.25, 0.3) is 0 Å². The molecule has 0 aromatic heterocycles. The van der Waals surface area contributed by atoms with Crippen LogP contribution in [0.2, 0.25) is 0 Å². The van der Waals surface area contributed by atoms with Crippen LogP contribution < -0.4 is 9.32 Å². The van der Waals surface area contributed by atoms with Crippen LogP contribution in [0.5, 0.6) is 5.75 Å². The highest BCUT2D eigenvalue weighted by Gasteiger charge is 2.53. The maximum atomic E-state index is 11.3. The first-order valence-corrected chi connectivity index (χ1v) is 11.0. The highest BCUT2D eigenvalue weighted by atomic mass is 32.2. The summed E-state index contributed by atoms with van der Waals surface area (Å²) >= 11 is 0. The van der Waals surface area contributed by atoms with E-state index in [0.717, 1.165) is 29.7 Å². The van der Waals surface area contributed by atoms with Gasteiger partial charge in [-0.3, -0.25) is 0 Å². The Morgan fingerprint density at radius 3 is 2.68 bits per heavy atom. The molecule has 5 unspecified atom stereocenters. The molecule has 0 heterocycles. The SMILES string of the molecule is Cc1cc2c(cc1OS(N)(=O)=O)CCC1C2CCC2(C)C(C)CCC12. The van der Waals surface area contributed by atoms with Gasteiger partial charge in [-0.15, -0.1) is 0 Å². The molecule has 0 radical (unpaired) electrons. The van der Waals surface area contributed by atoms with Crippen LogP contribution in [-0.4, -0.2) is 8.42 Å². The Morgan fingerprint density at radius 2 is 1.96 bits per heavy atom. The summed E-state index contributed by atoms with van der Waals surface area (Å²) in [6.45, 7) is 6.88. The molecule has 0 amide bonds. The third-order valence-corrected chi connectivity index (χ3v) is 8.11. The Balaban J connectivity index is 1.68. The van der Waals surface area contributed by atoms with Crippen molar-refractivity contribution in [3.63, 3.8) is 0 Å². The van der Waals surface area contributed by atoms with Crippen LogP contribution in [-0.2, 0) is 16.7 Å². The Kier molecular flexibility index (Phi) is 3.97. The molecule has 4 nitrogen and oxygen atoms in total. The highest BCUT2D eigenvalue weighted by molar-refractivity contribution is 7.84. The summed E-state index contributed by atoms with van der Waals surface area (Å²) < 4.78 is 27.6. The van der Waals surface area contributed by atoms with Gasteiger partial charge in [-0.25, -0.2) is 0 Å². The lowest BCUT2D eigenvalue weighted by Crippen LogP contribution is -2.41. The van der Waals surface area contributed by atoms with Crippen molar-refractivity contribution in [2.45, 2.75) is 65.2 Å². The van der Waals surface area contributed by atoms with Crippen LogP contribution in [0, 0.1) is 30.1 Å². The number of fused-ring (bicyclic) bond motifs is 5. The van der Waals surface area contributed by atoms with Gasteiger partial charge < -0.3 is 4.18 Å². The van der Waals surface area contributed by atoms with Gasteiger partial charge in [-0.05, 0) is 97.3 Å². The van der Waals surface area contributed by atoms with E-state index in [4.69, 9.17) is 9.32 Å². The van der Waals surface area contributed by atoms with Crippen molar-refractivity contribution in [3.8, 4) is 5.75 Å². The summed E-state index contributed by atoms with van der Waals surface area (Å²) in [5.41, 5.74) is 4.06. The minimum atomic E-state index is -3.98. The van der Waals surface area contributed by atoms with E-state index in [9.17, 15) is 8.42 Å². The number of hydrogen-bond acceptors (Lipinski definition) is 3. The summed E-state index contributed by atoms with van der Waals surface area (Å²) in [4.78, 5) is 0. The molecule has 2 fully saturated rings. The fourth-order valence-electron chi connectivity index (χ4n) is 6.19. The first-order chi connectivity index (χ1) is 11.7. The van der Waals surface area contributed by atoms with Crippen LogP contribution in [0.15, 0.2) is 12.1 Å². The van der Waals surface area contributed by atoms with Crippen molar-refractivity contribution in [2.24, 2.45) is 28.3 Å². The van der Waals surface area contributed by atoms with Crippen molar-refractivity contribution in [3.05, 3.63) is 28.8 Å². The fourth-order valence-corrected chi connectivity index (χ4v) is 6.62. The zero-order valence-corrected chi connectivity index (χ0v) is 16.2. The molecule has 0 saturated heterocycles. The average Bonchev–Trinajstić information content (AvgIpc) is 2.82. The van der Waals surface area contributed by atoms with Gasteiger partial charge in [0.2, 0.25) is 0 Å². The number of benzene rings is 1. The standard InChI is InChI=1S/C20H29NO3S/c1-12-10-17-14(11-19(12)24-25(21,22)23)5-6-16-15(17)8-9-20(3)13(2)4-7-18(16)20/h10-11,13,15-16,18H,4-9H2,1-3H3,(H2,21,22,23). The van der Waals surface area contributed by atoms with Gasteiger partial charge in [0.05, 0.1) is 0 Å². The third-order valence-electron chi connectivity index (χ3n) is 7.70. The van der Waals surface area contributed by atoms with E-state index in [2.05, 4.69) is 19.9 Å². The molecule has 5 atom stereocenters. The van der Waals surface area contributed by atoms with Gasteiger partial charge in [0.15, 0.2) is 0 Å². The smallest absolute Gasteiger partial charge is 0.371 e. The molecule has 4 rings (SSSR count). The maximum absolute atomic E-state index is 11.3. The molecule has 5 heteroatoms. The van der Waals surface area contributed by atoms with Crippen LogP contribution in [0.4, 0.5) is 0 Å². The second-order valence-electron chi connectivity index (χ2n) is 8.83. The summed E-state index contributed by atoms with van der Waals surface area (Å²) in [5, 5.41) is 5.05. The topological polar surface area (TPSA) is 69.4 Å². The molecule has 2 N–H and O–H groups in total. The monoisotopic (exact) mass is 363 g/mol. The number of aryl methyl sites for hydroxylation is 2. The van der Waals surface area contributed by atoms with E-state index < -0.39 is 10.3 Å². The van der Waals surface area contributed by atoms with Crippen molar-refractivity contribution in [1.82, 2.24) is 0 Å². The van der Waals surface area contributed by atoms with Crippen molar-refractivity contribution in [2.75, 3.05) is 0 Å². The zero-order chi connectivity index (χ0) is 18.0. The van der Waals surface area contributed by atoms with E-state index in [1.165, 1.54) is 43.2 Å². The molecule has 0 aliphatic heterocycles. The van der Waals surface area contributed by atoms with Crippen LogP contribution in [0.3, 0.4) is 0 Å². The molecule has 3 aliphatic rings. The summed E-state index contributed by atoms with van der Waals surface area (Å²) in [7, 11) is -3.98. The van der Waals surface area contributed by atoms with Gasteiger partial charge in [-0.2, -0.15) is 13.6 Å². The number of hydrogen-bond donors (Lipinski definition) is 1. The van der Waals surface area contributed by atoms with Gasteiger partial charge in [0, 0.05) is 0 Å². The molecule has 1 aromatic rings. The molecule has 1 aromatic carbocycles. The maximum Gasteiger partial charge on any atom is 0.380 e. The molecule has 0 spiro atoms. The minimum Gasteiger partial charge on any atom is -0.371 e. The first kappa shape index (κ1) is 17.3. The third kappa shape index (κ3) is 2.80. The van der Waals surface area contributed by atoms with E-state index in [1.54, 1.807) is 0 Å². The van der Waals surface area contributed by atoms with E-state index in [1.807, 2.05) is 13.0 Å². The zero-order valence-electron chi connectivity index (χ0n) is 15.4. The Labute approximate surface area is 151 Å². The summed E-state index contributed by atoms with van der Waals surface area (Å²) in [5.74, 6) is 3.46. The quantitative estimate of drug-likeness (QED) is 0.861. The normalized spacial score (nSPS) is 37.1. The highest BCUT2D eigenvalue weighted by Crippen LogP contribution is 2.62. The van der Waals surface area contributed by atoms with Gasteiger partial charge in [0.1, 0.15) is 5.75 Å². The number of nitrogens with two attached hydrogens (primary N) is 1. The fraction of sp³-hybridized carbons (Fsp3) is 0.700. The predicted octanol–water partition coefficient (Wildman–Crippen LogP) is 4.07. The van der Waals surface area contributed by atoms with Crippen LogP contribution >= 0.6 is 0 Å². The first-order valence-electron chi connectivity index (χ1n) is 9.54. The summed E-state index contributed by atoms with van der Waals surface area (Å²) in [6, 6.07) is 4.07. The molecule has 0 bridgehead atoms. The van der Waals surface area contributed by atoms with Crippen molar-refractivity contribution < 1.29 is 12.6 Å². The van der Waals surface area contributed by atoms with Gasteiger partial charge in [-0.1, -0.05) is 19.9 Å². The molecular weight excluding hydrogens is 334 g/mol. The lowest BCUT2D eigenvalue weighted by atomic mass is 9.54. The second-order valence-corrected chi connectivity index (χ2v) is 9.98. The molecule has 138 valence electrons. The van der Waals surface area contributed by atoms with Crippen molar-refractivity contribution >= 4 is 10.3 Å². The number of rotatable bonds is 2. The Bertz CT molecular complexity index is 803. The Morgan fingerprint density at radius 1 is 1.20 bits per heavy atom.